The second kappa shape index (κ2) is 9.89. The van der Waals surface area contributed by atoms with E-state index in [9.17, 15) is 9.59 Å². The third kappa shape index (κ3) is 4.68. The number of para-hydroxylation sites is 2. The number of hydrogen-bond acceptors (Lipinski definition) is 5. The molecule has 0 saturated carbocycles. The van der Waals surface area contributed by atoms with Crippen molar-refractivity contribution in [1.29, 1.82) is 0 Å². The van der Waals surface area contributed by atoms with Crippen molar-refractivity contribution in [3.8, 4) is 22.7 Å². The standard InChI is InChI=1S/C27H26N4O4/c1-34-23-11-6-5-10-21(23)25-22(18-31(29-25)20-8-3-2-4-9-20)26(32)28-19-13-15-30(16-14-19)27(33)24-12-7-17-35-24/h2-12,17-19H,13-16H2,1H3,(H,28,32). The number of aromatic nitrogens is 2. The molecule has 0 atom stereocenters. The predicted octanol–water partition coefficient (Wildman–Crippen LogP) is 4.18. The maximum Gasteiger partial charge on any atom is 0.289 e. The molecule has 1 fully saturated rings. The van der Waals surface area contributed by atoms with E-state index in [1.807, 2.05) is 54.6 Å². The van der Waals surface area contributed by atoms with Crippen LogP contribution in [0.1, 0.15) is 33.8 Å². The average Bonchev–Trinajstić information content (AvgIpc) is 3.60. The molecule has 8 heteroatoms. The summed E-state index contributed by atoms with van der Waals surface area (Å²) in [5.74, 6) is 0.651. The molecule has 178 valence electrons. The van der Waals surface area contributed by atoms with Crippen LogP contribution in [0.15, 0.2) is 83.6 Å². The van der Waals surface area contributed by atoms with Crippen LogP contribution >= 0.6 is 0 Å². The number of furan rings is 1. The summed E-state index contributed by atoms with van der Waals surface area (Å²) in [6, 6.07) is 20.5. The number of likely N-dealkylation sites (tertiary alicyclic amines) is 1. The van der Waals surface area contributed by atoms with Gasteiger partial charge in [-0.15, -0.1) is 0 Å². The number of amides is 2. The average molecular weight is 471 g/mol. The number of methoxy groups -OCH3 is 1. The maximum absolute atomic E-state index is 13.5. The number of nitrogens with one attached hydrogen (secondary N) is 1. The van der Waals surface area contributed by atoms with E-state index in [0.29, 0.717) is 48.7 Å². The van der Waals surface area contributed by atoms with Gasteiger partial charge < -0.3 is 19.4 Å². The fraction of sp³-hybridized carbons (Fsp3) is 0.222. The Morgan fingerprint density at radius 2 is 1.74 bits per heavy atom. The van der Waals surface area contributed by atoms with E-state index in [2.05, 4.69) is 5.32 Å². The minimum atomic E-state index is -0.205. The summed E-state index contributed by atoms with van der Waals surface area (Å²) in [6.45, 7) is 1.10. The van der Waals surface area contributed by atoms with E-state index < -0.39 is 0 Å². The van der Waals surface area contributed by atoms with Crippen LogP contribution in [0.3, 0.4) is 0 Å². The molecule has 2 aromatic carbocycles. The van der Waals surface area contributed by atoms with E-state index in [4.69, 9.17) is 14.3 Å². The molecule has 1 aliphatic rings. The second-order valence-electron chi connectivity index (χ2n) is 8.39. The summed E-state index contributed by atoms with van der Waals surface area (Å²) in [5.41, 5.74) is 2.61. The highest BCUT2D eigenvalue weighted by atomic mass is 16.5. The highest BCUT2D eigenvalue weighted by Gasteiger charge is 2.28. The largest absolute Gasteiger partial charge is 0.496 e. The summed E-state index contributed by atoms with van der Waals surface area (Å²) < 4.78 is 12.5. The van der Waals surface area contributed by atoms with Crippen LogP contribution in [-0.2, 0) is 0 Å². The van der Waals surface area contributed by atoms with Crippen LogP contribution < -0.4 is 10.1 Å². The Labute approximate surface area is 203 Å². The van der Waals surface area contributed by atoms with Gasteiger partial charge in [-0.25, -0.2) is 4.68 Å². The number of ether oxygens (including phenoxy) is 1. The third-order valence-electron chi connectivity index (χ3n) is 6.19. The van der Waals surface area contributed by atoms with Gasteiger partial charge in [0.05, 0.1) is 24.6 Å². The number of nitrogens with zero attached hydrogens (tertiary/aromatic N) is 3. The number of rotatable bonds is 6. The van der Waals surface area contributed by atoms with Crippen molar-refractivity contribution in [3.05, 3.63) is 90.5 Å². The molecule has 5 rings (SSSR count). The van der Waals surface area contributed by atoms with E-state index >= 15 is 0 Å². The van der Waals surface area contributed by atoms with Crippen molar-refractivity contribution >= 4 is 11.8 Å². The zero-order valence-corrected chi connectivity index (χ0v) is 19.4. The molecule has 2 aromatic heterocycles. The normalized spacial score (nSPS) is 14.0. The molecule has 0 unspecified atom stereocenters. The quantitative estimate of drug-likeness (QED) is 0.457. The first-order valence-electron chi connectivity index (χ1n) is 11.6. The third-order valence-corrected chi connectivity index (χ3v) is 6.19. The molecule has 1 N–H and O–H groups in total. The van der Waals surface area contributed by atoms with Crippen LogP contribution in [-0.4, -0.2) is 52.7 Å². The van der Waals surface area contributed by atoms with Crippen LogP contribution in [0, 0.1) is 0 Å². The zero-order chi connectivity index (χ0) is 24.2. The van der Waals surface area contributed by atoms with Gasteiger partial charge in [-0.3, -0.25) is 9.59 Å². The molecule has 4 aromatic rings. The highest BCUT2D eigenvalue weighted by Crippen LogP contribution is 2.32. The van der Waals surface area contributed by atoms with Crippen molar-refractivity contribution in [3.63, 3.8) is 0 Å². The van der Waals surface area contributed by atoms with Gasteiger partial charge in [-0.2, -0.15) is 5.10 Å². The Hall–Kier alpha value is -4.33. The van der Waals surface area contributed by atoms with Gasteiger partial charge in [-0.05, 0) is 49.2 Å². The zero-order valence-electron chi connectivity index (χ0n) is 19.4. The Morgan fingerprint density at radius 3 is 2.46 bits per heavy atom. The molecule has 8 nitrogen and oxygen atoms in total. The molecule has 1 saturated heterocycles. The van der Waals surface area contributed by atoms with Gasteiger partial charge in [0.2, 0.25) is 0 Å². The summed E-state index contributed by atoms with van der Waals surface area (Å²) in [7, 11) is 1.60. The fourth-order valence-corrected chi connectivity index (χ4v) is 4.34. The smallest absolute Gasteiger partial charge is 0.289 e. The monoisotopic (exact) mass is 470 g/mol. The number of benzene rings is 2. The van der Waals surface area contributed by atoms with Crippen molar-refractivity contribution in [2.75, 3.05) is 20.2 Å². The van der Waals surface area contributed by atoms with Gasteiger partial charge in [0, 0.05) is 30.9 Å². The molecule has 3 heterocycles. The van der Waals surface area contributed by atoms with E-state index in [1.165, 1.54) is 6.26 Å². The van der Waals surface area contributed by atoms with Crippen LogP contribution in [0.2, 0.25) is 0 Å². The number of hydrogen-bond donors (Lipinski definition) is 1. The summed E-state index contributed by atoms with van der Waals surface area (Å²) >= 11 is 0. The molecule has 0 bridgehead atoms. The van der Waals surface area contributed by atoms with Crippen molar-refractivity contribution in [2.24, 2.45) is 0 Å². The van der Waals surface area contributed by atoms with Crippen LogP contribution in [0.4, 0.5) is 0 Å². The summed E-state index contributed by atoms with van der Waals surface area (Å²) in [6.07, 6.45) is 4.57. The fourth-order valence-electron chi connectivity index (χ4n) is 4.34. The van der Waals surface area contributed by atoms with Gasteiger partial charge in [-0.1, -0.05) is 30.3 Å². The van der Waals surface area contributed by atoms with Crippen molar-refractivity contribution < 1.29 is 18.7 Å². The first-order valence-corrected chi connectivity index (χ1v) is 11.6. The molecule has 1 aliphatic heterocycles. The van der Waals surface area contributed by atoms with Crippen molar-refractivity contribution in [2.45, 2.75) is 18.9 Å². The molecule has 0 radical (unpaired) electrons. The Balaban J connectivity index is 1.36. The van der Waals surface area contributed by atoms with Gasteiger partial charge in [0.15, 0.2) is 5.76 Å². The Bertz CT molecular complexity index is 1310. The van der Waals surface area contributed by atoms with E-state index in [1.54, 1.807) is 35.0 Å². The molecular weight excluding hydrogens is 444 g/mol. The van der Waals surface area contributed by atoms with Crippen LogP contribution in [0.25, 0.3) is 16.9 Å². The molecule has 0 spiro atoms. The minimum Gasteiger partial charge on any atom is -0.496 e. The maximum atomic E-state index is 13.5. The second-order valence-corrected chi connectivity index (χ2v) is 8.39. The molecule has 35 heavy (non-hydrogen) atoms. The SMILES string of the molecule is COc1ccccc1-c1nn(-c2ccccc2)cc1C(=O)NC1CCN(C(=O)c2ccco2)CC1. The molecular formula is C27H26N4O4. The number of carbonyl (C=O) groups excluding carboxylic acids is 2. The minimum absolute atomic E-state index is 0.0475. The van der Waals surface area contributed by atoms with Crippen LogP contribution in [0.5, 0.6) is 5.75 Å². The first-order chi connectivity index (χ1) is 17.1. The number of piperidine rings is 1. The molecule has 0 aliphatic carbocycles. The molecule has 2 amide bonds. The first kappa shape index (κ1) is 22.5. The lowest BCUT2D eigenvalue weighted by molar-refractivity contribution is 0.0667. The van der Waals surface area contributed by atoms with Crippen molar-refractivity contribution in [1.82, 2.24) is 20.0 Å². The van der Waals surface area contributed by atoms with Gasteiger partial charge in [0.1, 0.15) is 11.4 Å². The topological polar surface area (TPSA) is 89.6 Å². The Kier molecular flexibility index (Phi) is 6.34. The predicted molar refractivity (Wildman–Crippen MR) is 131 cm³/mol. The Morgan fingerprint density at radius 1 is 1.00 bits per heavy atom. The highest BCUT2D eigenvalue weighted by molar-refractivity contribution is 6.00. The lowest BCUT2D eigenvalue weighted by Gasteiger charge is -2.31. The van der Waals surface area contributed by atoms with Gasteiger partial charge in [0.25, 0.3) is 11.8 Å². The lowest BCUT2D eigenvalue weighted by atomic mass is 10.0. The van der Waals surface area contributed by atoms with Gasteiger partial charge >= 0.3 is 0 Å². The number of carbonyl (C=O) groups is 2. The summed E-state index contributed by atoms with van der Waals surface area (Å²) in [4.78, 5) is 27.7. The lowest BCUT2D eigenvalue weighted by Crippen LogP contribution is -2.46. The summed E-state index contributed by atoms with van der Waals surface area (Å²) in [5, 5.41) is 7.90. The van der Waals surface area contributed by atoms with E-state index in [-0.39, 0.29) is 17.9 Å². The van der Waals surface area contributed by atoms with E-state index in [0.717, 1.165) is 11.3 Å².